The Bertz CT molecular complexity index is 1190. The Balaban J connectivity index is 1.48. The van der Waals surface area contributed by atoms with Gasteiger partial charge in [-0.1, -0.05) is 36.4 Å². The summed E-state index contributed by atoms with van der Waals surface area (Å²) in [6, 6.07) is 17.5. The maximum absolute atomic E-state index is 12.1. The number of nitrogens with zero attached hydrogens (tertiary/aromatic N) is 4. The Morgan fingerprint density at radius 3 is 2.63 bits per heavy atom. The van der Waals surface area contributed by atoms with Crippen molar-refractivity contribution in [3.8, 4) is 11.5 Å². The molecule has 0 saturated heterocycles. The molecule has 0 aliphatic carbocycles. The van der Waals surface area contributed by atoms with Gasteiger partial charge >= 0.3 is 0 Å². The summed E-state index contributed by atoms with van der Waals surface area (Å²) in [6.45, 7) is 3.67. The number of carbonyl (C=O) groups is 1. The van der Waals surface area contributed by atoms with Crippen LogP contribution in [0.1, 0.15) is 18.1 Å². The number of nitrogen functional groups attached to an aromatic ring is 1. The first kappa shape index (κ1) is 24.9. The van der Waals surface area contributed by atoms with E-state index in [0.717, 1.165) is 22.6 Å². The summed E-state index contributed by atoms with van der Waals surface area (Å²) in [4.78, 5) is 20.8. The van der Waals surface area contributed by atoms with Crippen LogP contribution in [0.5, 0.6) is 11.5 Å². The summed E-state index contributed by atoms with van der Waals surface area (Å²) in [6.07, 6.45) is 4.82. The van der Waals surface area contributed by atoms with Crippen molar-refractivity contribution in [3.63, 3.8) is 0 Å². The van der Waals surface area contributed by atoms with Crippen LogP contribution in [0.3, 0.4) is 0 Å². The molecule has 1 aliphatic heterocycles. The number of para-hydroxylation sites is 1. The first-order valence-electron chi connectivity index (χ1n) is 11.2. The molecule has 0 bridgehead atoms. The van der Waals surface area contributed by atoms with Crippen molar-refractivity contribution in [2.45, 2.75) is 12.5 Å². The quantitative estimate of drug-likeness (QED) is 0.199. The van der Waals surface area contributed by atoms with E-state index in [1.165, 1.54) is 6.33 Å². The molecule has 2 aromatic carbocycles. The minimum Gasteiger partial charge on any atom is -0.457 e. The molecular weight excluding hydrogens is 557 g/mol. The molecule has 0 radical (unpaired) electrons. The summed E-state index contributed by atoms with van der Waals surface area (Å²) in [5, 5.41) is 4.81. The summed E-state index contributed by atoms with van der Waals surface area (Å²) < 4.78 is 7.89. The lowest BCUT2D eigenvalue weighted by atomic mass is 9.86. The third-order valence-corrected chi connectivity index (χ3v) is 6.04. The van der Waals surface area contributed by atoms with Crippen molar-refractivity contribution >= 4 is 40.4 Å². The number of likely N-dealkylation sites (N-methyl/N-ethyl adjacent to an activating group) is 1. The van der Waals surface area contributed by atoms with Gasteiger partial charge in [-0.2, -0.15) is 0 Å². The number of halogens is 1. The smallest absolute Gasteiger partial charge is 0.243 e. The van der Waals surface area contributed by atoms with Gasteiger partial charge in [-0.3, -0.25) is 9.80 Å². The lowest BCUT2D eigenvalue weighted by molar-refractivity contribution is -0.116. The van der Waals surface area contributed by atoms with Crippen LogP contribution in [0.25, 0.3) is 0 Å². The first-order chi connectivity index (χ1) is 16.9. The van der Waals surface area contributed by atoms with Crippen LogP contribution in [0, 0.1) is 0 Å². The monoisotopic (exact) mass is 585 g/mol. The fourth-order valence-corrected chi connectivity index (χ4v) is 4.19. The maximum Gasteiger partial charge on any atom is 0.243 e. The number of anilines is 2. The summed E-state index contributed by atoms with van der Waals surface area (Å²) in [5.74, 6) is 2.48. The van der Waals surface area contributed by atoms with Gasteiger partial charge < -0.3 is 15.8 Å². The number of hydrazine groups is 1. The molecule has 10 heteroatoms. The number of hydrogen-bond donors (Lipinski definition) is 3. The SMILES string of the molecule is CN(I)C/C=C/C(=O)NCCN1NC(C)(c2ccc(Oc3ccccc3)cc2)c2c(N)ncnc21. The Morgan fingerprint density at radius 1 is 1.20 bits per heavy atom. The molecule has 9 nitrogen and oxygen atoms in total. The highest BCUT2D eigenvalue weighted by Crippen LogP contribution is 2.43. The highest BCUT2D eigenvalue weighted by atomic mass is 127. The summed E-state index contributed by atoms with van der Waals surface area (Å²) in [5.41, 5.74) is 11.0. The van der Waals surface area contributed by atoms with Crippen LogP contribution >= 0.6 is 22.9 Å². The van der Waals surface area contributed by atoms with Crippen molar-refractivity contribution < 1.29 is 9.53 Å². The van der Waals surface area contributed by atoms with Crippen LogP contribution in [0.4, 0.5) is 11.6 Å². The molecule has 1 aliphatic rings. The highest BCUT2D eigenvalue weighted by Gasteiger charge is 2.43. The number of aromatic nitrogens is 2. The molecule has 0 spiro atoms. The third kappa shape index (κ3) is 5.89. The van der Waals surface area contributed by atoms with E-state index in [2.05, 4.69) is 43.6 Å². The number of benzene rings is 2. The number of hydrogen-bond acceptors (Lipinski definition) is 8. The molecule has 182 valence electrons. The molecule has 35 heavy (non-hydrogen) atoms. The first-order valence-corrected chi connectivity index (χ1v) is 12.1. The number of carbonyl (C=O) groups excluding carboxylic acids is 1. The average Bonchev–Trinajstić information content (AvgIpc) is 3.14. The molecule has 1 unspecified atom stereocenters. The minimum atomic E-state index is -0.652. The van der Waals surface area contributed by atoms with Crippen LogP contribution in [0.2, 0.25) is 0 Å². The zero-order chi connectivity index (χ0) is 24.8. The van der Waals surface area contributed by atoms with E-state index in [1.807, 2.05) is 82.8 Å². The Kier molecular flexibility index (Phi) is 7.83. The molecule has 0 saturated carbocycles. The Labute approximate surface area is 218 Å². The standard InChI is InChI=1S/C25H28IN7O2/c1-25(18-10-12-20(13-11-18)35-19-7-4-3-5-8-19)22-23(27)29-17-30-24(22)33(31-25)16-14-28-21(34)9-6-15-32(2)26/h3-13,17,31H,14-16H2,1-2H3,(H,28,34)(H2,27,29,30)/b9-6+. The van der Waals surface area contributed by atoms with Gasteiger partial charge in [-0.25, -0.2) is 18.5 Å². The molecule has 1 atom stereocenters. The highest BCUT2D eigenvalue weighted by molar-refractivity contribution is 14.1. The second kappa shape index (κ2) is 11.0. The van der Waals surface area contributed by atoms with Crippen molar-refractivity contribution in [1.29, 1.82) is 0 Å². The van der Waals surface area contributed by atoms with E-state index in [-0.39, 0.29) is 5.91 Å². The van der Waals surface area contributed by atoms with Gasteiger partial charge in [0.15, 0.2) is 5.82 Å². The summed E-state index contributed by atoms with van der Waals surface area (Å²) >= 11 is 2.17. The molecule has 1 aromatic heterocycles. The van der Waals surface area contributed by atoms with Crippen molar-refractivity contribution in [2.24, 2.45) is 0 Å². The van der Waals surface area contributed by atoms with Crippen molar-refractivity contribution in [2.75, 3.05) is 37.4 Å². The van der Waals surface area contributed by atoms with Gasteiger partial charge in [0.2, 0.25) is 5.91 Å². The van der Waals surface area contributed by atoms with E-state index in [0.29, 0.717) is 31.3 Å². The van der Waals surface area contributed by atoms with Gasteiger partial charge in [0, 0.05) is 42.0 Å². The minimum absolute atomic E-state index is 0.137. The summed E-state index contributed by atoms with van der Waals surface area (Å²) in [7, 11) is 1.94. The zero-order valence-corrected chi connectivity index (χ0v) is 21.8. The Hall–Kier alpha value is -3.22. The van der Waals surface area contributed by atoms with E-state index in [9.17, 15) is 4.79 Å². The van der Waals surface area contributed by atoms with Gasteiger partial charge in [0.05, 0.1) is 17.6 Å². The van der Waals surface area contributed by atoms with E-state index >= 15 is 0 Å². The molecule has 2 heterocycles. The van der Waals surface area contributed by atoms with Crippen LogP contribution in [0.15, 0.2) is 73.1 Å². The third-order valence-electron chi connectivity index (χ3n) is 5.64. The molecular formula is C25H28IN7O2. The lowest BCUT2D eigenvalue weighted by Crippen LogP contribution is -2.47. The molecule has 1 amide bonds. The van der Waals surface area contributed by atoms with E-state index < -0.39 is 5.54 Å². The molecule has 4 rings (SSSR count). The van der Waals surface area contributed by atoms with Crippen molar-refractivity contribution in [1.82, 2.24) is 23.8 Å². The average molecular weight is 585 g/mol. The predicted octanol–water partition coefficient (Wildman–Crippen LogP) is 3.39. The lowest BCUT2D eigenvalue weighted by Gasteiger charge is -2.28. The van der Waals surface area contributed by atoms with Gasteiger partial charge in [0.1, 0.15) is 23.6 Å². The van der Waals surface area contributed by atoms with Gasteiger partial charge in [-0.15, -0.1) is 0 Å². The van der Waals surface area contributed by atoms with Crippen LogP contribution in [-0.2, 0) is 10.3 Å². The predicted molar refractivity (Wildman–Crippen MR) is 145 cm³/mol. The zero-order valence-electron chi connectivity index (χ0n) is 19.6. The fraction of sp³-hybridized carbons (Fsp3) is 0.240. The maximum atomic E-state index is 12.1. The number of fused-ring (bicyclic) bond motifs is 1. The normalized spacial score (nSPS) is 17.1. The fourth-order valence-electron chi connectivity index (χ4n) is 3.96. The second-order valence-electron chi connectivity index (χ2n) is 8.27. The number of amides is 1. The number of ether oxygens (including phenoxy) is 1. The van der Waals surface area contributed by atoms with Gasteiger partial charge in [0.25, 0.3) is 0 Å². The van der Waals surface area contributed by atoms with E-state index in [4.69, 9.17) is 10.5 Å². The Morgan fingerprint density at radius 2 is 1.91 bits per heavy atom. The van der Waals surface area contributed by atoms with Crippen LogP contribution in [-0.4, -0.2) is 45.7 Å². The van der Waals surface area contributed by atoms with Crippen molar-refractivity contribution in [3.05, 3.63) is 84.2 Å². The number of nitrogens with one attached hydrogen (secondary N) is 2. The topological polar surface area (TPSA) is 109 Å². The van der Waals surface area contributed by atoms with Crippen LogP contribution < -0.4 is 26.2 Å². The second-order valence-corrected chi connectivity index (χ2v) is 9.91. The van der Waals surface area contributed by atoms with E-state index in [1.54, 1.807) is 6.08 Å². The molecule has 3 aromatic rings. The van der Waals surface area contributed by atoms with Gasteiger partial charge in [-0.05, 0) is 43.8 Å². The number of nitrogens with two attached hydrogens (primary N) is 1. The molecule has 0 fully saturated rings. The number of rotatable bonds is 9. The molecule has 4 N–H and O–H groups in total. The largest absolute Gasteiger partial charge is 0.457 e.